The minimum atomic E-state index is -0.895. The second-order valence-corrected chi connectivity index (χ2v) is 9.13. The molecule has 0 spiro atoms. The first-order valence-electron chi connectivity index (χ1n) is 9.98. The highest BCUT2D eigenvalue weighted by atomic mass is 79.9. The summed E-state index contributed by atoms with van der Waals surface area (Å²) in [6.07, 6.45) is 1.12. The Morgan fingerprint density at radius 1 is 1.16 bits per heavy atom. The maximum Gasteiger partial charge on any atom is 0.408 e. The first-order chi connectivity index (χ1) is 15.0. The normalized spacial score (nSPS) is 18.5. The molecule has 2 rings (SSSR count). The third kappa shape index (κ3) is 8.08. The van der Waals surface area contributed by atoms with Crippen molar-refractivity contribution in [2.24, 2.45) is 0 Å². The minimum absolute atomic E-state index is 0.0984. The third-order valence-corrected chi connectivity index (χ3v) is 4.90. The number of piperidine rings is 1. The Hall–Kier alpha value is -2.73. The van der Waals surface area contributed by atoms with E-state index in [2.05, 4.69) is 36.9 Å². The van der Waals surface area contributed by atoms with Gasteiger partial charge in [0.1, 0.15) is 18.0 Å². The fourth-order valence-corrected chi connectivity index (χ4v) is 3.26. The zero-order chi connectivity index (χ0) is 23.9. The number of carbonyl (C=O) groups excluding carboxylic acids is 4. The van der Waals surface area contributed by atoms with E-state index < -0.39 is 35.6 Å². The molecule has 0 aromatic carbocycles. The highest BCUT2D eigenvalue weighted by Gasteiger charge is 2.35. The molecule has 1 aromatic rings. The van der Waals surface area contributed by atoms with Gasteiger partial charge in [0.2, 0.25) is 5.91 Å². The van der Waals surface area contributed by atoms with Crippen molar-refractivity contribution < 1.29 is 28.7 Å². The lowest BCUT2D eigenvalue weighted by atomic mass is 9.99. The Morgan fingerprint density at radius 3 is 2.47 bits per heavy atom. The number of hydrogen-bond donors (Lipinski definition) is 3. The van der Waals surface area contributed by atoms with E-state index in [4.69, 9.17) is 9.47 Å². The van der Waals surface area contributed by atoms with Crippen LogP contribution in [0, 0.1) is 0 Å². The maximum absolute atomic E-state index is 12.5. The molecule has 1 aromatic heterocycles. The molecule has 0 saturated carbocycles. The number of anilines is 1. The van der Waals surface area contributed by atoms with Crippen LogP contribution in [0.1, 0.15) is 27.2 Å². The number of ether oxygens (including phenoxy) is 2. The molecule has 4 amide bonds. The molecule has 32 heavy (non-hydrogen) atoms. The standard InChI is InChI=1S/C20H28BrN5O6/c1-20(2,3)32-19(30)24-14-10-26(16(27)11-31-4)8-7-13(14)23-17(28)18(29)25-15-6-5-12(21)9-22-15/h5-6,9,13-14H,7-8,10-11H2,1-4H3,(H,23,28)(H,24,30)(H,22,25,29). The summed E-state index contributed by atoms with van der Waals surface area (Å²) in [6, 6.07) is 1.96. The van der Waals surface area contributed by atoms with Crippen LogP contribution < -0.4 is 16.0 Å². The van der Waals surface area contributed by atoms with Crippen molar-refractivity contribution >= 4 is 45.6 Å². The number of aromatic nitrogens is 1. The zero-order valence-corrected chi connectivity index (χ0v) is 20.0. The third-order valence-electron chi connectivity index (χ3n) is 4.43. The van der Waals surface area contributed by atoms with E-state index in [1.165, 1.54) is 18.2 Å². The number of nitrogens with zero attached hydrogens (tertiary/aromatic N) is 2. The highest BCUT2D eigenvalue weighted by Crippen LogP contribution is 2.15. The first-order valence-corrected chi connectivity index (χ1v) is 10.8. The molecule has 3 N–H and O–H groups in total. The van der Waals surface area contributed by atoms with Crippen LogP contribution in [0.15, 0.2) is 22.8 Å². The lowest BCUT2D eigenvalue weighted by molar-refractivity contribution is -0.138. The van der Waals surface area contributed by atoms with Crippen LogP contribution >= 0.6 is 15.9 Å². The van der Waals surface area contributed by atoms with Crippen molar-refractivity contribution in [3.8, 4) is 0 Å². The van der Waals surface area contributed by atoms with Crippen LogP contribution in [0.5, 0.6) is 0 Å². The van der Waals surface area contributed by atoms with Gasteiger partial charge >= 0.3 is 17.9 Å². The summed E-state index contributed by atoms with van der Waals surface area (Å²) in [5, 5.41) is 7.74. The summed E-state index contributed by atoms with van der Waals surface area (Å²) in [4.78, 5) is 54.8. The molecule has 1 saturated heterocycles. The van der Waals surface area contributed by atoms with Gasteiger partial charge in [-0.3, -0.25) is 14.4 Å². The number of pyridine rings is 1. The number of carbonyl (C=O) groups is 4. The van der Waals surface area contributed by atoms with Gasteiger partial charge in [-0.1, -0.05) is 0 Å². The molecule has 1 aliphatic rings. The summed E-state index contributed by atoms with van der Waals surface area (Å²) in [7, 11) is 1.42. The van der Waals surface area contributed by atoms with Crippen molar-refractivity contribution in [3.05, 3.63) is 22.8 Å². The SMILES string of the molecule is COCC(=O)N1CCC(NC(=O)C(=O)Nc2ccc(Br)cn2)C(NC(=O)OC(C)(C)C)C1. The van der Waals surface area contributed by atoms with Gasteiger partial charge in [0.05, 0.1) is 12.1 Å². The number of alkyl carbamates (subject to hydrolysis) is 1. The summed E-state index contributed by atoms with van der Waals surface area (Å²) in [6.45, 7) is 5.53. The minimum Gasteiger partial charge on any atom is -0.444 e. The fourth-order valence-electron chi connectivity index (χ4n) is 3.03. The Kier molecular flexibility index (Phi) is 8.96. The summed E-state index contributed by atoms with van der Waals surface area (Å²) >= 11 is 3.24. The van der Waals surface area contributed by atoms with Crippen LogP contribution in [0.3, 0.4) is 0 Å². The van der Waals surface area contributed by atoms with Crippen molar-refractivity contribution in [2.45, 2.75) is 44.9 Å². The van der Waals surface area contributed by atoms with E-state index in [9.17, 15) is 19.2 Å². The van der Waals surface area contributed by atoms with Gasteiger partial charge in [0.25, 0.3) is 0 Å². The molecule has 0 radical (unpaired) electrons. The number of rotatable bonds is 5. The summed E-state index contributed by atoms with van der Waals surface area (Å²) < 4.78 is 10.9. The van der Waals surface area contributed by atoms with Crippen molar-refractivity contribution in [2.75, 3.05) is 32.1 Å². The molecule has 176 valence electrons. The van der Waals surface area contributed by atoms with Gasteiger partial charge < -0.3 is 30.3 Å². The molecule has 2 unspecified atom stereocenters. The zero-order valence-electron chi connectivity index (χ0n) is 18.4. The lowest BCUT2D eigenvalue weighted by Gasteiger charge is -2.39. The predicted octanol–water partition coefficient (Wildman–Crippen LogP) is 1.04. The smallest absolute Gasteiger partial charge is 0.408 e. The Morgan fingerprint density at radius 2 is 1.88 bits per heavy atom. The first kappa shape index (κ1) is 25.5. The second-order valence-electron chi connectivity index (χ2n) is 8.21. The fraction of sp³-hybridized carbons (Fsp3) is 0.550. The number of nitrogens with one attached hydrogen (secondary N) is 3. The van der Waals surface area contributed by atoms with Crippen LogP contribution in [0.4, 0.5) is 10.6 Å². The average Bonchev–Trinajstić information content (AvgIpc) is 2.69. The van der Waals surface area contributed by atoms with Crippen LogP contribution in [0.2, 0.25) is 0 Å². The molecular weight excluding hydrogens is 486 g/mol. The van der Waals surface area contributed by atoms with E-state index in [0.29, 0.717) is 13.0 Å². The highest BCUT2D eigenvalue weighted by molar-refractivity contribution is 9.10. The van der Waals surface area contributed by atoms with Crippen molar-refractivity contribution in [1.29, 1.82) is 0 Å². The quantitative estimate of drug-likeness (QED) is 0.499. The number of hydrogen-bond acceptors (Lipinski definition) is 7. The van der Waals surface area contributed by atoms with Gasteiger partial charge in [-0.25, -0.2) is 9.78 Å². The molecular formula is C20H28BrN5O6. The molecule has 1 fully saturated rings. The molecule has 0 aliphatic carbocycles. The van der Waals surface area contributed by atoms with Crippen LogP contribution in [0.25, 0.3) is 0 Å². The summed E-state index contributed by atoms with van der Waals surface area (Å²) in [5.74, 6) is -1.80. The van der Waals surface area contributed by atoms with Gasteiger partial charge in [-0.2, -0.15) is 0 Å². The van der Waals surface area contributed by atoms with Gasteiger partial charge in [-0.05, 0) is 55.3 Å². The predicted molar refractivity (Wildman–Crippen MR) is 119 cm³/mol. The average molecular weight is 514 g/mol. The Bertz CT molecular complexity index is 842. The van der Waals surface area contributed by atoms with E-state index in [-0.39, 0.29) is 24.9 Å². The van der Waals surface area contributed by atoms with Gasteiger partial charge in [-0.15, -0.1) is 0 Å². The Labute approximate surface area is 194 Å². The van der Waals surface area contributed by atoms with E-state index in [0.717, 1.165) is 4.47 Å². The largest absolute Gasteiger partial charge is 0.444 e. The van der Waals surface area contributed by atoms with Crippen molar-refractivity contribution in [3.63, 3.8) is 0 Å². The molecule has 11 nitrogen and oxygen atoms in total. The molecule has 2 atom stereocenters. The summed E-state index contributed by atoms with van der Waals surface area (Å²) in [5.41, 5.74) is -0.722. The van der Waals surface area contributed by atoms with E-state index in [1.807, 2.05) is 0 Å². The second kappa shape index (κ2) is 11.2. The number of halogens is 1. The molecule has 2 heterocycles. The number of likely N-dealkylation sites (tertiary alicyclic amines) is 1. The van der Waals surface area contributed by atoms with Gasteiger partial charge in [0, 0.05) is 30.9 Å². The topological polar surface area (TPSA) is 139 Å². The van der Waals surface area contributed by atoms with Crippen LogP contribution in [-0.4, -0.2) is 78.2 Å². The molecule has 1 aliphatic heterocycles. The van der Waals surface area contributed by atoms with E-state index >= 15 is 0 Å². The maximum atomic E-state index is 12.5. The molecule has 12 heteroatoms. The molecule has 0 bridgehead atoms. The number of amides is 4. The van der Waals surface area contributed by atoms with Crippen molar-refractivity contribution in [1.82, 2.24) is 20.5 Å². The van der Waals surface area contributed by atoms with Gasteiger partial charge in [0.15, 0.2) is 0 Å². The monoisotopic (exact) mass is 513 g/mol. The van der Waals surface area contributed by atoms with E-state index in [1.54, 1.807) is 32.9 Å². The number of methoxy groups -OCH3 is 1. The van der Waals surface area contributed by atoms with Crippen LogP contribution in [-0.2, 0) is 23.9 Å². The lowest BCUT2D eigenvalue weighted by Crippen LogP contribution is -2.62. The Balaban J connectivity index is 2.05.